The molecule has 2 N–H and O–H groups in total. The van der Waals surface area contributed by atoms with E-state index >= 15 is 0 Å². The zero-order valence-electron chi connectivity index (χ0n) is 16.5. The molecule has 146 valence electrons. The molecule has 0 bridgehead atoms. The molecule has 1 unspecified atom stereocenters. The number of rotatable bonds is 7. The highest BCUT2D eigenvalue weighted by Gasteiger charge is 2.16. The van der Waals surface area contributed by atoms with Gasteiger partial charge in [-0.3, -0.25) is 0 Å². The van der Waals surface area contributed by atoms with Crippen LogP contribution >= 0.6 is 0 Å². The number of aliphatic imine (C=N–C) groups is 1. The largest absolute Gasteiger partial charge is 0.376 e. The molecule has 1 fully saturated rings. The Morgan fingerprint density at radius 1 is 1.26 bits per heavy atom. The van der Waals surface area contributed by atoms with Gasteiger partial charge >= 0.3 is 0 Å². The highest BCUT2D eigenvalue weighted by molar-refractivity contribution is 5.79. The van der Waals surface area contributed by atoms with E-state index in [0.717, 1.165) is 50.0 Å². The Morgan fingerprint density at radius 3 is 2.74 bits per heavy atom. The Kier molecular flexibility index (Phi) is 6.81. The Bertz CT molecular complexity index is 764. The van der Waals surface area contributed by atoms with Crippen LogP contribution in [0.4, 0.5) is 0 Å². The summed E-state index contributed by atoms with van der Waals surface area (Å²) in [7, 11) is 1.97. The summed E-state index contributed by atoms with van der Waals surface area (Å²) in [5.74, 6) is 2.56. The summed E-state index contributed by atoms with van der Waals surface area (Å²) in [6.45, 7) is 6.96. The van der Waals surface area contributed by atoms with Gasteiger partial charge in [0.25, 0.3) is 0 Å². The fourth-order valence-corrected chi connectivity index (χ4v) is 3.18. The van der Waals surface area contributed by atoms with E-state index in [4.69, 9.17) is 9.73 Å². The molecule has 0 aliphatic carbocycles. The monoisotopic (exact) mass is 370 g/mol. The lowest BCUT2D eigenvalue weighted by Gasteiger charge is -2.16. The standard InChI is InChI=1S/C20H30N6O/c1-4-16-8-5-6-9-17(16)12-21-20(22-13-18-10-7-11-27-18)23-14-19-25-24-15(2)26(19)3/h5-6,8-9,18H,4,7,10-14H2,1-3H3,(H2,21,22,23). The number of nitrogens with zero attached hydrogens (tertiary/aromatic N) is 4. The molecule has 0 amide bonds. The fourth-order valence-electron chi connectivity index (χ4n) is 3.18. The van der Waals surface area contributed by atoms with Gasteiger partial charge in [-0.15, -0.1) is 10.2 Å². The molecule has 0 spiro atoms. The normalized spacial score (nSPS) is 17.3. The van der Waals surface area contributed by atoms with Gasteiger partial charge in [-0.05, 0) is 37.3 Å². The molecule has 7 heteroatoms. The number of hydrogen-bond donors (Lipinski definition) is 2. The molecule has 2 aromatic rings. The van der Waals surface area contributed by atoms with Crippen molar-refractivity contribution in [3.63, 3.8) is 0 Å². The molecule has 0 saturated carbocycles. The lowest BCUT2D eigenvalue weighted by Crippen LogP contribution is -2.41. The molecule has 1 aliphatic heterocycles. The van der Waals surface area contributed by atoms with E-state index in [9.17, 15) is 0 Å². The molecular weight excluding hydrogens is 340 g/mol. The van der Waals surface area contributed by atoms with Crippen molar-refractivity contribution in [2.24, 2.45) is 12.0 Å². The minimum absolute atomic E-state index is 0.261. The van der Waals surface area contributed by atoms with Crippen molar-refractivity contribution in [2.45, 2.75) is 52.3 Å². The Labute approximate surface area is 161 Å². The molecule has 1 saturated heterocycles. The number of aromatic nitrogens is 3. The van der Waals surface area contributed by atoms with Crippen LogP contribution in [0.15, 0.2) is 29.3 Å². The van der Waals surface area contributed by atoms with Crippen molar-refractivity contribution < 1.29 is 4.74 Å². The number of guanidine groups is 1. The predicted octanol–water partition coefficient (Wildman–Crippen LogP) is 2.10. The van der Waals surface area contributed by atoms with Crippen LogP contribution in [-0.2, 0) is 31.3 Å². The SMILES string of the molecule is CCc1ccccc1CN=C(NCc1nnc(C)n1C)NCC1CCCO1. The molecule has 1 aliphatic rings. The topological polar surface area (TPSA) is 76.4 Å². The van der Waals surface area contributed by atoms with Crippen molar-refractivity contribution in [3.8, 4) is 0 Å². The number of hydrogen-bond acceptors (Lipinski definition) is 4. The quantitative estimate of drug-likeness (QED) is 0.577. The van der Waals surface area contributed by atoms with Crippen LogP contribution < -0.4 is 10.6 Å². The van der Waals surface area contributed by atoms with Crippen LogP contribution in [0, 0.1) is 6.92 Å². The lowest BCUT2D eigenvalue weighted by atomic mass is 10.1. The van der Waals surface area contributed by atoms with E-state index in [-0.39, 0.29) is 6.10 Å². The maximum Gasteiger partial charge on any atom is 0.192 e. The molecule has 1 atom stereocenters. The van der Waals surface area contributed by atoms with Crippen LogP contribution in [-0.4, -0.2) is 40.0 Å². The van der Waals surface area contributed by atoms with Crippen LogP contribution in [0.2, 0.25) is 0 Å². The second-order valence-corrected chi connectivity index (χ2v) is 6.88. The molecule has 1 aromatic carbocycles. The molecule has 27 heavy (non-hydrogen) atoms. The maximum atomic E-state index is 5.72. The smallest absolute Gasteiger partial charge is 0.192 e. The van der Waals surface area contributed by atoms with Gasteiger partial charge in [-0.25, -0.2) is 4.99 Å². The van der Waals surface area contributed by atoms with Gasteiger partial charge < -0.3 is 19.9 Å². The van der Waals surface area contributed by atoms with Crippen LogP contribution in [0.5, 0.6) is 0 Å². The van der Waals surface area contributed by atoms with Crippen molar-refractivity contribution >= 4 is 5.96 Å². The molecule has 2 heterocycles. The predicted molar refractivity (Wildman–Crippen MR) is 107 cm³/mol. The first-order chi connectivity index (χ1) is 13.2. The van der Waals surface area contributed by atoms with Gasteiger partial charge in [0.2, 0.25) is 0 Å². The average molecular weight is 371 g/mol. The average Bonchev–Trinajstić information content (AvgIpc) is 3.32. The minimum atomic E-state index is 0.261. The summed E-state index contributed by atoms with van der Waals surface area (Å²) < 4.78 is 7.70. The summed E-state index contributed by atoms with van der Waals surface area (Å²) in [5, 5.41) is 15.1. The molecule has 1 aromatic heterocycles. The summed E-state index contributed by atoms with van der Waals surface area (Å²) >= 11 is 0. The maximum absolute atomic E-state index is 5.72. The summed E-state index contributed by atoms with van der Waals surface area (Å²) in [4.78, 5) is 4.80. The van der Waals surface area contributed by atoms with Crippen LogP contribution in [0.1, 0.15) is 42.5 Å². The fraction of sp³-hybridized carbons (Fsp3) is 0.550. The first kappa shape index (κ1) is 19.4. The van der Waals surface area contributed by atoms with E-state index in [0.29, 0.717) is 13.1 Å². The molecule has 7 nitrogen and oxygen atoms in total. The van der Waals surface area contributed by atoms with Crippen LogP contribution in [0.3, 0.4) is 0 Å². The second-order valence-electron chi connectivity index (χ2n) is 6.88. The van der Waals surface area contributed by atoms with E-state index in [2.05, 4.69) is 52.0 Å². The Balaban J connectivity index is 1.66. The second kappa shape index (κ2) is 9.50. The van der Waals surface area contributed by atoms with Gasteiger partial charge in [0.15, 0.2) is 11.8 Å². The Morgan fingerprint density at radius 2 is 2.07 bits per heavy atom. The van der Waals surface area contributed by atoms with E-state index < -0.39 is 0 Å². The van der Waals surface area contributed by atoms with E-state index in [1.807, 2.05) is 18.5 Å². The molecular formula is C20H30N6O. The van der Waals surface area contributed by atoms with Gasteiger partial charge in [-0.2, -0.15) is 0 Å². The summed E-state index contributed by atoms with van der Waals surface area (Å²) in [6, 6.07) is 8.46. The highest BCUT2D eigenvalue weighted by Crippen LogP contribution is 2.12. The van der Waals surface area contributed by atoms with Crippen molar-refractivity contribution in [1.82, 2.24) is 25.4 Å². The lowest BCUT2D eigenvalue weighted by molar-refractivity contribution is 0.113. The van der Waals surface area contributed by atoms with E-state index in [1.54, 1.807) is 0 Å². The minimum Gasteiger partial charge on any atom is -0.376 e. The highest BCUT2D eigenvalue weighted by atomic mass is 16.5. The third-order valence-corrected chi connectivity index (χ3v) is 5.02. The van der Waals surface area contributed by atoms with E-state index in [1.165, 1.54) is 11.1 Å². The van der Waals surface area contributed by atoms with Crippen molar-refractivity contribution in [1.29, 1.82) is 0 Å². The Hall–Kier alpha value is -2.41. The molecule has 3 rings (SSSR count). The molecule has 0 radical (unpaired) electrons. The zero-order chi connectivity index (χ0) is 19.1. The zero-order valence-corrected chi connectivity index (χ0v) is 16.5. The summed E-state index contributed by atoms with van der Waals surface area (Å²) in [6.07, 6.45) is 3.50. The summed E-state index contributed by atoms with van der Waals surface area (Å²) in [5.41, 5.74) is 2.59. The van der Waals surface area contributed by atoms with Crippen LogP contribution in [0.25, 0.3) is 0 Å². The van der Waals surface area contributed by atoms with Gasteiger partial charge in [0, 0.05) is 20.2 Å². The number of nitrogens with one attached hydrogen (secondary N) is 2. The first-order valence-electron chi connectivity index (χ1n) is 9.72. The number of ether oxygens (including phenoxy) is 1. The third kappa shape index (κ3) is 5.29. The third-order valence-electron chi connectivity index (χ3n) is 5.02. The van der Waals surface area contributed by atoms with Crippen molar-refractivity contribution in [2.75, 3.05) is 13.2 Å². The van der Waals surface area contributed by atoms with Crippen molar-refractivity contribution in [3.05, 3.63) is 47.0 Å². The number of benzene rings is 1. The first-order valence-corrected chi connectivity index (χ1v) is 9.72. The van der Waals surface area contributed by atoms with Gasteiger partial charge in [0.05, 0.1) is 19.2 Å². The number of aryl methyl sites for hydroxylation is 2. The van der Waals surface area contributed by atoms with Gasteiger partial charge in [-0.1, -0.05) is 31.2 Å². The van der Waals surface area contributed by atoms with Gasteiger partial charge in [0.1, 0.15) is 5.82 Å².